The number of hydrogen-bond donors (Lipinski definition) is 1. The van der Waals surface area contributed by atoms with E-state index in [1.807, 2.05) is 43.1 Å². The van der Waals surface area contributed by atoms with Gasteiger partial charge in [-0.1, -0.05) is 35.0 Å². The molecule has 2 bridgehead atoms. The molecule has 24 heavy (non-hydrogen) atoms. The summed E-state index contributed by atoms with van der Waals surface area (Å²) >= 11 is 0. The Morgan fingerprint density at radius 3 is 2.54 bits per heavy atom. The molecule has 0 radical (unpaired) electrons. The number of nitrogens with one attached hydrogen (secondary N) is 1. The average molecular weight is 325 g/mol. The van der Waals surface area contributed by atoms with Gasteiger partial charge in [-0.25, -0.2) is 0 Å². The first-order valence-corrected chi connectivity index (χ1v) is 8.67. The van der Waals surface area contributed by atoms with Gasteiger partial charge in [0.1, 0.15) is 5.69 Å². The molecule has 0 saturated carbocycles. The highest BCUT2D eigenvalue weighted by atomic mass is 16.5. The highest BCUT2D eigenvalue weighted by molar-refractivity contribution is 5.92. The number of rotatable bonds is 3. The third kappa shape index (κ3) is 2.84. The smallest absolute Gasteiger partial charge is 0.292 e. The summed E-state index contributed by atoms with van der Waals surface area (Å²) in [6.07, 6.45) is 4.50. The minimum absolute atomic E-state index is 0.0767. The Morgan fingerprint density at radius 1 is 1.21 bits per heavy atom. The van der Waals surface area contributed by atoms with Gasteiger partial charge in [0.05, 0.1) is 0 Å². The van der Waals surface area contributed by atoms with Crippen LogP contribution in [0.25, 0.3) is 11.3 Å². The second kappa shape index (κ2) is 6.06. The molecule has 1 amide bonds. The van der Waals surface area contributed by atoms with Crippen LogP contribution < -0.4 is 5.32 Å². The Balaban J connectivity index is 1.49. The number of amides is 1. The summed E-state index contributed by atoms with van der Waals surface area (Å²) in [5, 5.41) is 7.68. The highest BCUT2D eigenvalue weighted by Gasteiger charge is 2.37. The van der Waals surface area contributed by atoms with Gasteiger partial charge in [-0.3, -0.25) is 4.79 Å². The number of piperidine rings is 1. The van der Waals surface area contributed by atoms with Gasteiger partial charge in [0.25, 0.3) is 5.91 Å². The van der Waals surface area contributed by atoms with Crippen LogP contribution in [0.3, 0.4) is 0 Å². The van der Waals surface area contributed by atoms with E-state index in [0.717, 1.165) is 18.4 Å². The van der Waals surface area contributed by atoms with Crippen molar-refractivity contribution in [2.45, 2.75) is 50.7 Å². The average Bonchev–Trinajstić information content (AvgIpc) is 3.21. The quantitative estimate of drug-likeness (QED) is 0.942. The lowest BCUT2D eigenvalue weighted by molar-refractivity contribution is 0.0640. The van der Waals surface area contributed by atoms with Gasteiger partial charge in [-0.05, 0) is 32.6 Å². The lowest BCUT2D eigenvalue weighted by Crippen LogP contribution is -2.48. The molecule has 5 nitrogen and oxygen atoms in total. The fourth-order valence-corrected chi connectivity index (χ4v) is 3.92. The lowest BCUT2D eigenvalue weighted by Gasteiger charge is -2.35. The standard InChI is InChI=1S/C19H23N3O2/c1-12-3-5-13(6-4-12)17-11-18(24-21-17)19(23)22(2)16-9-14-7-8-15(10-16)20-14/h3-6,11,14-16,20H,7-10H2,1-2H3. The van der Waals surface area contributed by atoms with Crippen molar-refractivity contribution in [2.24, 2.45) is 0 Å². The van der Waals surface area contributed by atoms with Gasteiger partial charge in [0.15, 0.2) is 0 Å². The maximum absolute atomic E-state index is 12.7. The predicted molar refractivity (Wildman–Crippen MR) is 91.7 cm³/mol. The third-order valence-corrected chi connectivity index (χ3v) is 5.38. The summed E-state index contributed by atoms with van der Waals surface area (Å²) in [4.78, 5) is 14.6. The number of aryl methyl sites for hydroxylation is 1. The second-order valence-corrected chi connectivity index (χ2v) is 7.12. The molecule has 1 aromatic heterocycles. The zero-order valence-electron chi connectivity index (χ0n) is 14.2. The van der Waals surface area contributed by atoms with E-state index in [0.29, 0.717) is 23.5 Å². The van der Waals surface area contributed by atoms with Crippen LogP contribution in [0.15, 0.2) is 34.9 Å². The third-order valence-electron chi connectivity index (χ3n) is 5.38. The van der Waals surface area contributed by atoms with Crippen LogP contribution in [-0.2, 0) is 0 Å². The van der Waals surface area contributed by atoms with Gasteiger partial charge in [0.2, 0.25) is 5.76 Å². The molecule has 5 heteroatoms. The van der Waals surface area contributed by atoms with E-state index >= 15 is 0 Å². The van der Waals surface area contributed by atoms with Crippen molar-refractivity contribution in [3.63, 3.8) is 0 Å². The van der Waals surface area contributed by atoms with Crippen molar-refractivity contribution < 1.29 is 9.32 Å². The van der Waals surface area contributed by atoms with E-state index in [9.17, 15) is 4.79 Å². The van der Waals surface area contributed by atoms with E-state index in [-0.39, 0.29) is 11.9 Å². The van der Waals surface area contributed by atoms with E-state index in [1.54, 1.807) is 6.07 Å². The zero-order chi connectivity index (χ0) is 16.7. The number of carbonyl (C=O) groups excluding carboxylic acids is 1. The molecule has 2 aliphatic heterocycles. The fourth-order valence-electron chi connectivity index (χ4n) is 3.92. The minimum atomic E-state index is -0.0767. The van der Waals surface area contributed by atoms with Crippen LogP contribution in [0.4, 0.5) is 0 Å². The summed E-state index contributed by atoms with van der Waals surface area (Å²) in [5.74, 6) is 0.242. The molecule has 2 aromatic rings. The van der Waals surface area contributed by atoms with Crippen molar-refractivity contribution in [3.8, 4) is 11.3 Å². The van der Waals surface area contributed by atoms with Crippen LogP contribution >= 0.6 is 0 Å². The van der Waals surface area contributed by atoms with Crippen molar-refractivity contribution in [2.75, 3.05) is 7.05 Å². The predicted octanol–water partition coefficient (Wildman–Crippen LogP) is 3.01. The molecule has 2 unspecified atom stereocenters. The molecule has 2 atom stereocenters. The molecule has 4 rings (SSSR count). The van der Waals surface area contributed by atoms with Crippen LogP contribution in [0.5, 0.6) is 0 Å². The van der Waals surface area contributed by atoms with Gasteiger partial charge in [-0.2, -0.15) is 0 Å². The van der Waals surface area contributed by atoms with Gasteiger partial charge in [0, 0.05) is 36.8 Å². The Kier molecular flexibility index (Phi) is 3.88. The van der Waals surface area contributed by atoms with E-state index in [2.05, 4.69) is 10.5 Å². The summed E-state index contributed by atoms with van der Waals surface area (Å²) in [7, 11) is 1.88. The van der Waals surface area contributed by atoms with Gasteiger partial charge in [-0.15, -0.1) is 0 Å². The number of hydrogen-bond acceptors (Lipinski definition) is 4. The maximum atomic E-state index is 12.7. The van der Waals surface area contributed by atoms with Crippen molar-refractivity contribution in [1.29, 1.82) is 0 Å². The first-order chi connectivity index (χ1) is 11.6. The summed E-state index contributed by atoms with van der Waals surface area (Å²) in [6, 6.07) is 11.2. The Morgan fingerprint density at radius 2 is 1.88 bits per heavy atom. The van der Waals surface area contributed by atoms with Crippen LogP contribution in [0.1, 0.15) is 41.8 Å². The highest BCUT2D eigenvalue weighted by Crippen LogP contribution is 2.30. The zero-order valence-corrected chi connectivity index (χ0v) is 14.2. The molecular formula is C19H23N3O2. The normalized spacial score (nSPS) is 25.7. The molecule has 3 heterocycles. The van der Waals surface area contributed by atoms with Crippen molar-refractivity contribution in [3.05, 3.63) is 41.7 Å². The summed E-state index contributed by atoms with van der Waals surface area (Å²) in [5.41, 5.74) is 2.86. The van der Waals surface area contributed by atoms with Crippen molar-refractivity contribution in [1.82, 2.24) is 15.4 Å². The van der Waals surface area contributed by atoms with Gasteiger partial charge >= 0.3 is 0 Å². The SMILES string of the molecule is Cc1ccc(-c2cc(C(=O)N(C)C3CC4CCC(C3)N4)on2)cc1. The van der Waals surface area contributed by atoms with Crippen molar-refractivity contribution >= 4 is 5.91 Å². The molecule has 2 fully saturated rings. The molecule has 0 aliphatic carbocycles. The Bertz CT molecular complexity index is 725. The monoisotopic (exact) mass is 325 g/mol. The van der Waals surface area contributed by atoms with Gasteiger partial charge < -0.3 is 14.7 Å². The number of aromatic nitrogens is 1. The first kappa shape index (κ1) is 15.4. The Hall–Kier alpha value is -2.14. The largest absolute Gasteiger partial charge is 0.350 e. The molecule has 0 spiro atoms. The Labute approximate surface area is 142 Å². The maximum Gasteiger partial charge on any atom is 0.292 e. The van der Waals surface area contributed by atoms with Crippen LogP contribution in [0.2, 0.25) is 0 Å². The molecule has 2 aliphatic rings. The summed E-state index contributed by atoms with van der Waals surface area (Å²) in [6.45, 7) is 2.04. The van der Waals surface area contributed by atoms with E-state index in [4.69, 9.17) is 4.52 Å². The number of fused-ring (bicyclic) bond motifs is 2. The topological polar surface area (TPSA) is 58.4 Å². The molecular weight excluding hydrogens is 302 g/mol. The second-order valence-electron chi connectivity index (χ2n) is 7.12. The molecule has 126 valence electrons. The molecule has 2 saturated heterocycles. The molecule has 1 aromatic carbocycles. The van der Waals surface area contributed by atoms with Crippen LogP contribution in [-0.4, -0.2) is 41.1 Å². The van der Waals surface area contributed by atoms with E-state index < -0.39 is 0 Å². The number of nitrogens with zero attached hydrogens (tertiary/aromatic N) is 2. The first-order valence-electron chi connectivity index (χ1n) is 8.67. The van der Waals surface area contributed by atoms with Crippen LogP contribution in [0, 0.1) is 6.92 Å². The number of benzene rings is 1. The lowest BCUT2D eigenvalue weighted by atomic mass is 9.98. The summed E-state index contributed by atoms with van der Waals surface area (Å²) < 4.78 is 5.34. The van der Waals surface area contributed by atoms with E-state index in [1.165, 1.54) is 18.4 Å². The fraction of sp³-hybridized carbons (Fsp3) is 0.474. The minimum Gasteiger partial charge on any atom is -0.350 e. The molecule has 1 N–H and O–H groups in total. The number of carbonyl (C=O) groups is 1.